The van der Waals surface area contributed by atoms with Gasteiger partial charge in [0, 0.05) is 12.4 Å². The van der Waals surface area contributed by atoms with Crippen LogP contribution < -0.4 is 0 Å². The van der Waals surface area contributed by atoms with E-state index < -0.39 is 0 Å². The molecule has 62 valence electrons. The fraction of sp³-hybridized carbons (Fsp3) is 0.125. The van der Waals surface area contributed by atoms with Gasteiger partial charge in [0.25, 0.3) is 0 Å². The van der Waals surface area contributed by atoms with Crippen molar-refractivity contribution in [1.82, 2.24) is 9.38 Å². The van der Waals surface area contributed by atoms with Crippen LogP contribution in [0.15, 0.2) is 22.9 Å². The molecular weight excluding hydrogens is 239 g/mol. The van der Waals surface area contributed by atoms with Gasteiger partial charge in [-0.1, -0.05) is 11.6 Å². The quantitative estimate of drug-likeness (QED) is 0.697. The van der Waals surface area contributed by atoms with E-state index >= 15 is 0 Å². The van der Waals surface area contributed by atoms with Gasteiger partial charge in [0.1, 0.15) is 5.15 Å². The Morgan fingerprint density at radius 1 is 1.50 bits per heavy atom. The first-order valence-corrected chi connectivity index (χ1v) is 4.64. The average Bonchev–Trinajstić information content (AvgIpc) is 2.29. The van der Waals surface area contributed by atoms with Gasteiger partial charge in [-0.15, -0.1) is 0 Å². The molecule has 2 nitrogen and oxygen atoms in total. The Hall–Kier alpha value is -0.540. The summed E-state index contributed by atoms with van der Waals surface area (Å²) in [7, 11) is 0. The lowest BCUT2D eigenvalue weighted by atomic mass is 10.3. The van der Waals surface area contributed by atoms with Gasteiger partial charge in [0.05, 0.1) is 4.47 Å². The zero-order valence-electron chi connectivity index (χ0n) is 6.38. The van der Waals surface area contributed by atoms with E-state index in [1.54, 1.807) is 6.20 Å². The van der Waals surface area contributed by atoms with Crippen LogP contribution in [0.2, 0.25) is 5.15 Å². The number of aromatic nitrogens is 2. The van der Waals surface area contributed by atoms with Gasteiger partial charge in [-0.05, 0) is 34.5 Å². The van der Waals surface area contributed by atoms with Crippen LogP contribution in [0.5, 0.6) is 0 Å². The number of aryl methyl sites for hydroxylation is 1. The number of hydrogen-bond donors (Lipinski definition) is 0. The first-order chi connectivity index (χ1) is 5.66. The molecule has 0 N–H and O–H groups in total. The first-order valence-electron chi connectivity index (χ1n) is 3.47. The molecule has 0 amide bonds. The Kier molecular flexibility index (Phi) is 1.85. The molecule has 0 spiro atoms. The minimum Gasteiger partial charge on any atom is -0.304 e. The van der Waals surface area contributed by atoms with Gasteiger partial charge in [0.2, 0.25) is 0 Å². The molecule has 12 heavy (non-hydrogen) atoms. The van der Waals surface area contributed by atoms with E-state index in [0.29, 0.717) is 5.15 Å². The summed E-state index contributed by atoms with van der Waals surface area (Å²) >= 11 is 9.17. The van der Waals surface area contributed by atoms with Gasteiger partial charge in [-0.25, -0.2) is 4.98 Å². The van der Waals surface area contributed by atoms with Crippen molar-refractivity contribution >= 4 is 33.2 Å². The summed E-state index contributed by atoms with van der Waals surface area (Å²) in [5.74, 6) is 0. The third-order valence-corrected chi connectivity index (χ3v) is 2.38. The predicted molar refractivity (Wildman–Crippen MR) is 52.6 cm³/mol. The van der Waals surface area contributed by atoms with Crippen molar-refractivity contribution in [3.8, 4) is 0 Å². The Morgan fingerprint density at radius 3 is 3.00 bits per heavy atom. The smallest absolute Gasteiger partial charge is 0.152 e. The van der Waals surface area contributed by atoms with Crippen molar-refractivity contribution in [2.75, 3.05) is 0 Å². The lowest BCUT2D eigenvalue weighted by Crippen LogP contribution is -1.85. The number of pyridine rings is 1. The molecule has 0 bridgehead atoms. The van der Waals surface area contributed by atoms with E-state index in [9.17, 15) is 0 Å². The van der Waals surface area contributed by atoms with E-state index in [2.05, 4.69) is 20.9 Å². The zero-order chi connectivity index (χ0) is 8.72. The van der Waals surface area contributed by atoms with E-state index in [4.69, 9.17) is 11.6 Å². The molecule has 0 saturated carbocycles. The van der Waals surface area contributed by atoms with Crippen molar-refractivity contribution in [2.45, 2.75) is 6.92 Å². The molecule has 0 atom stereocenters. The molecule has 0 aromatic carbocycles. The maximum atomic E-state index is 5.75. The lowest BCUT2D eigenvalue weighted by molar-refractivity contribution is 1.15. The molecule has 0 fully saturated rings. The number of fused-ring (bicyclic) bond motifs is 1. The average molecular weight is 246 g/mol. The molecule has 2 heterocycles. The number of nitrogens with zero attached hydrogens (tertiary/aromatic N) is 2. The monoisotopic (exact) mass is 244 g/mol. The third-order valence-electron chi connectivity index (χ3n) is 1.61. The molecule has 4 heteroatoms. The van der Waals surface area contributed by atoms with E-state index in [0.717, 1.165) is 10.1 Å². The van der Waals surface area contributed by atoms with Gasteiger partial charge in [-0.2, -0.15) is 0 Å². The van der Waals surface area contributed by atoms with Crippen molar-refractivity contribution < 1.29 is 0 Å². The highest BCUT2D eigenvalue weighted by Crippen LogP contribution is 2.20. The van der Waals surface area contributed by atoms with Crippen LogP contribution in [0.25, 0.3) is 5.65 Å². The number of hydrogen-bond acceptors (Lipinski definition) is 1. The molecule has 0 aliphatic heterocycles. The van der Waals surface area contributed by atoms with Crippen LogP contribution in [-0.2, 0) is 0 Å². The van der Waals surface area contributed by atoms with Crippen LogP contribution in [0.1, 0.15) is 5.56 Å². The molecule has 0 aliphatic carbocycles. The van der Waals surface area contributed by atoms with E-state index in [1.165, 1.54) is 5.56 Å². The highest BCUT2D eigenvalue weighted by molar-refractivity contribution is 9.10. The molecule has 2 aromatic heterocycles. The normalized spacial score (nSPS) is 10.9. The van der Waals surface area contributed by atoms with Crippen molar-refractivity contribution in [3.63, 3.8) is 0 Å². The van der Waals surface area contributed by atoms with E-state index in [1.807, 2.05) is 23.6 Å². The van der Waals surface area contributed by atoms with Gasteiger partial charge in [0.15, 0.2) is 5.65 Å². The van der Waals surface area contributed by atoms with Crippen molar-refractivity contribution in [1.29, 1.82) is 0 Å². The Labute approximate surface area is 83.3 Å². The standard InChI is InChI=1S/C8H6BrClN2/c1-5-2-6(9)8-11-7(10)4-12(8)3-5/h2-4H,1H3. The summed E-state index contributed by atoms with van der Waals surface area (Å²) in [5.41, 5.74) is 2.02. The summed E-state index contributed by atoms with van der Waals surface area (Å²) in [6.45, 7) is 2.03. The Balaban J connectivity index is 2.88. The second kappa shape index (κ2) is 2.75. The van der Waals surface area contributed by atoms with Gasteiger partial charge < -0.3 is 4.40 Å². The number of rotatable bonds is 0. The SMILES string of the molecule is Cc1cc(Br)c2nc(Cl)cn2c1. The molecule has 2 aromatic rings. The Morgan fingerprint density at radius 2 is 2.25 bits per heavy atom. The lowest BCUT2D eigenvalue weighted by Gasteiger charge is -1.97. The molecule has 0 saturated heterocycles. The third kappa shape index (κ3) is 1.23. The maximum absolute atomic E-state index is 5.75. The molecular formula is C8H6BrClN2. The maximum Gasteiger partial charge on any atom is 0.152 e. The fourth-order valence-corrected chi connectivity index (χ4v) is 2.00. The van der Waals surface area contributed by atoms with Gasteiger partial charge in [-0.3, -0.25) is 0 Å². The minimum atomic E-state index is 0.515. The topological polar surface area (TPSA) is 17.3 Å². The minimum absolute atomic E-state index is 0.515. The van der Waals surface area contributed by atoms with Crippen LogP contribution in [0, 0.1) is 6.92 Å². The van der Waals surface area contributed by atoms with Crippen molar-refractivity contribution in [2.24, 2.45) is 0 Å². The van der Waals surface area contributed by atoms with Crippen LogP contribution >= 0.6 is 27.5 Å². The van der Waals surface area contributed by atoms with E-state index in [-0.39, 0.29) is 0 Å². The highest BCUT2D eigenvalue weighted by Gasteiger charge is 2.02. The molecule has 2 rings (SSSR count). The summed E-state index contributed by atoms with van der Waals surface area (Å²) in [6.07, 6.45) is 3.77. The molecule has 0 radical (unpaired) electrons. The van der Waals surface area contributed by atoms with Crippen LogP contribution in [0.3, 0.4) is 0 Å². The fourth-order valence-electron chi connectivity index (χ4n) is 1.16. The summed E-state index contributed by atoms with van der Waals surface area (Å²) in [4.78, 5) is 4.14. The highest BCUT2D eigenvalue weighted by atomic mass is 79.9. The summed E-state index contributed by atoms with van der Waals surface area (Å²) in [5, 5.41) is 0.515. The summed E-state index contributed by atoms with van der Waals surface area (Å²) in [6, 6.07) is 2.01. The Bertz CT molecular complexity index is 436. The summed E-state index contributed by atoms with van der Waals surface area (Å²) < 4.78 is 2.87. The van der Waals surface area contributed by atoms with Crippen LogP contribution in [-0.4, -0.2) is 9.38 Å². The number of halogens is 2. The van der Waals surface area contributed by atoms with Gasteiger partial charge >= 0.3 is 0 Å². The number of imidazole rings is 1. The second-order valence-corrected chi connectivity index (χ2v) is 3.90. The van der Waals surface area contributed by atoms with Crippen molar-refractivity contribution in [3.05, 3.63) is 33.6 Å². The molecule has 0 aliphatic rings. The van der Waals surface area contributed by atoms with Crippen LogP contribution in [0.4, 0.5) is 0 Å². The second-order valence-electron chi connectivity index (χ2n) is 2.66. The zero-order valence-corrected chi connectivity index (χ0v) is 8.72. The largest absolute Gasteiger partial charge is 0.304 e. The molecule has 0 unspecified atom stereocenters. The first kappa shape index (κ1) is 8.08. The predicted octanol–water partition coefficient (Wildman–Crippen LogP) is 3.06.